The highest BCUT2D eigenvalue weighted by molar-refractivity contribution is 7.98. The number of carbonyl (C=O) groups excluding carboxylic acids is 1. The summed E-state index contributed by atoms with van der Waals surface area (Å²) in [6.45, 7) is 1.70. The van der Waals surface area contributed by atoms with Crippen molar-refractivity contribution in [3.8, 4) is 0 Å². The van der Waals surface area contributed by atoms with Crippen LogP contribution in [0.15, 0.2) is 0 Å². The molecule has 0 aromatic carbocycles. The molecule has 58 valence electrons. The molecule has 0 aromatic rings. The van der Waals surface area contributed by atoms with Crippen LogP contribution in [0.3, 0.4) is 0 Å². The Morgan fingerprint density at radius 3 is 3.20 bits per heavy atom. The maximum Gasteiger partial charge on any atom is 0.249 e. The van der Waals surface area contributed by atoms with Gasteiger partial charge in [-0.05, 0) is 6.26 Å². The van der Waals surface area contributed by atoms with E-state index in [1.54, 1.807) is 11.8 Å². The maximum atomic E-state index is 11.0. The van der Waals surface area contributed by atoms with Crippen LogP contribution in [0.2, 0.25) is 0 Å². The van der Waals surface area contributed by atoms with Crippen molar-refractivity contribution >= 4 is 17.7 Å². The maximum absolute atomic E-state index is 11.0. The Hall–Kier alpha value is -0.220. The van der Waals surface area contributed by atoms with Gasteiger partial charge >= 0.3 is 0 Å². The summed E-state index contributed by atoms with van der Waals surface area (Å²) >= 11 is 1.66. The van der Waals surface area contributed by atoms with Crippen molar-refractivity contribution in [1.82, 2.24) is 4.90 Å². The number of hydrogen-bond acceptors (Lipinski definition) is 3. The second-order valence-electron chi connectivity index (χ2n) is 2.13. The number of carbonyl (C=O) groups is 1. The predicted molar refractivity (Wildman–Crippen MR) is 40.9 cm³/mol. The predicted octanol–water partition coefficient (Wildman–Crippen LogP) is 0.166. The van der Waals surface area contributed by atoms with Crippen LogP contribution >= 0.6 is 11.8 Å². The summed E-state index contributed by atoms with van der Waals surface area (Å²) in [4.78, 5) is 12.8. The van der Waals surface area contributed by atoms with Gasteiger partial charge in [-0.25, -0.2) is 0 Å². The fraction of sp³-hybridized carbons (Fsp3) is 0.833. The summed E-state index contributed by atoms with van der Waals surface area (Å²) in [6, 6.07) is 0. The third-order valence-corrected chi connectivity index (χ3v) is 1.94. The molecule has 1 aliphatic heterocycles. The zero-order valence-electron chi connectivity index (χ0n) is 6.00. The molecule has 3 nitrogen and oxygen atoms in total. The molecular formula is C6H11NO2S. The molecule has 1 amide bonds. The Labute approximate surface area is 64.7 Å². The average molecular weight is 161 g/mol. The standard InChI is InChI=1S/C6H11NO2S/c1-10-5-7-2-3-9-4-6(7)8/h2-5H2,1H3. The van der Waals surface area contributed by atoms with Crippen molar-refractivity contribution < 1.29 is 9.53 Å². The summed E-state index contributed by atoms with van der Waals surface area (Å²) in [7, 11) is 0. The van der Waals surface area contributed by atoms with Gasteiger partial charge in [-0.2, -0.15) is 0 Å². The molecule has 1 heterocycles. The Kier molecular flexibility index (Phi) is 3.02. The van der Waals surface area contributed by atoms with Gasteiger partial charge in [-0.1, -0.05) is 0 Å². The van der Waals surface area contributed by atoms with Gasteiger partial charge in [0.2, 0.25) is 5.91 Å². The molecule has 0 spiro atoms. The monoisotopic (exact) mass is 161 g/mol. The first-order chi connectivity index (χ1) is 4.84. The van der Waals surface area contributed by atoms with E-state index in [0.29, 0.717) is 6.61 Å². The van der Waals surface area contributed by atoms with Gasteiger partial charge in [-0.3, -0.25) is 4.79 Å². The van der Waals surface area contributed by atoms with Crippen LogP contribution in [0.1, 0.15) is 0 Å². The third-order valence-electron chi connectivity index (χ3n) is 1.37. The van der Waals surface area contributed by atoms with E-state index in [0.717, 1.165) is 12.4 Å². The van der Waals surface area contributed by atoms with Crippen LogP contribution < -0.4 is 0 Å². The second-order valence-corrected chi connectivity index (χ2v) is 2.96. The highest BCUT2D eigenvalue weighted by Gasteiger charge is 2.16. The first-order valence-electron chi connectivity index (χ1n) is 3.19. The van der Waals surface area contributed by atoms with Crippen molar-refractivity contribution in [2.45, 2.75) is 0 Å². The van der Waals surface area contributed by atoms with Gasteiger partial charge in [0.05, 0.1) is 12.5 Å². The van der Waals surface area contributed by atoms with Crippen molar-refractivity contribution in [2.75, 3.05) is 31.9 Å². The van der Waals surface area contributed by atoms with Crippen LogP contribution in [-0.2, 0) is 9.53 Å². The van der Waals surface area contributed by atoms with Crippen molar-refractivity contribution in [2.24, 2.45) is 0 Å². The summed E-state index contributed by atoms with van der Waals surface area (Å²) < 4.78 is 4.96. The summed E-state index contributed by atoms with van der Waals surface area (Å²) in [5, 5.41) is 0. The van der Waals surface area contributed by atoms with Crippen LogP contribution in [0.25, 0.3) is 0 Å². The second kappa shape index (κ2) is 3.83. The molecule has 1 fully saturated rings. The van der Waals surface area contributed by atoms with E-state index in [2.05, 4.69) is 0 Å². The van der Waals surface area contributed by atoms with Crippen LogP contribution in [0, 0.1) is 0 Å². The molecule has 1 saturated heterocycles. The SMILES string of the molecule is CSCN1CCOCC1=O. The highest BCUT2D eigenvalue weighted by Crippen LogP contribution is 2.03. The average Bonchev–Trinajstić information content (AvgIpc) is 1.94. The smallest absolute Gasteiger partial charge is 0.249 e. The van der Waals surface area contributed by atoms with E-state index < -0.39 is 0 Å². The Morgan fingerprint density at radius 1 is 1.80 bits per heavy atom. The quantitative estimate of drug-likeness (QED) is 0.578. The normalized spacial score (nSPS) is 19.7. The Morgan fingerprint density at radius 2 is 2.60 bits per heavy atom. The van der Waals surface area contributed by atoms with Gasteiger partial charge in [0.25, 0.3) is 0 Å². The molecule has 0 unspecified atom stereocenters. The zero-order valence-corrected chi connectivity index (χ0v) is 6.82. The van der Waals surface area contributed by atoms with E-state index in [1.165, 1.54) is 0 Å². The van der Waals surface area contributed by atoms with Gasteiger partial charge in [0.1, 0.15) is 6.61 Å². The molecule has 1 rings (SSSR count). The Balaban J connectivity index is 2.32. The third kappa shape index (κ3) is 1.88. The molecule has 0 bridgehead atoms. The minimum absolute atomic E-state index is 0.112. The lowest BCUT2D eigenvalue weighted by Crippen LogP contribution is -2.41. The van der Waals surface area contributed by atoms with Crippen LogP contribution in [-0.4, -0.2) is 42.7 Å². The van der Waals surface area contributed by atoms with E-state index in [9.17, 15) is 4.79 Å². The molecule has 0 saturated carbocycles. The number of rotatable bonds is 2. The van der Waals surface area contributed by atoms with Gasteiger partial charge < -0.3 is 9.64 Å². The van der Waals surface area contributed by atoms with Gasteiger partial charge in [0, 0.05) is 6.54 Å². The number of nitrogens with zero attached hydrogens (tertiary/aromatic N) is 1. The lowest BCUT2D eigenvalue weighted by Gasteiger charge is -2.25. The molecule has 0 atom stereocenters. The number of amides is 1. The fourth-order valence-electron chi connectivity index (χ4n) is 0.843. The largest absolute Gasteiger partial charge is 0.370 e. The summed E-state index contributed by atoms with van der Waals surface area (Å²) in [6.07, 6.45) is 1.99. The molecule has 0 radical (unpaired) electrons. The van der Waals surface area contributed by atoms with E-state index >= 15 is 0 Å². The lowest BCUT2D eigenvalue weighted by molar-refractivity contribution is -0.141. The number of thioether (sulfide) groups is 1. The number of hydrogen-bond donors (Lipinski definition) is 0. The van der Waals surface area contributed by atoms with E-state index in [-0.39, 0.29) is 12.5 Å². The summed E-state index contributed by atoms with van der Waals surface area (Å²) in [5.74, 6) is 0.906. The topological polar surface area (TPSA) is 29.5 Å². The fourth-order valence-corrected chi connectivity index (χ4v) is 1.43. The number of morpholine rings is 1. The molecule has 10 heavy (non-hydrogen) atoms. The van der Waals surface area contributed by atoms with Crippen molar-refractivity contribution in [3.63, 3.8) is 0 Å². The highest BCUT2D eigenvalue weighted by atomic mass is 32.2. The molecule has 0 N–H and O–H groups in total. The van der Waals surface area contributed by atoms with Crippen LogP contribution in [0.5, 0.6) is 0 Å². The van der Waals surface area contributed by atoms with E-state index in [4.69, 9.17) is 4.74 Å². The van der Waals surface area contributed by atoms with E-state index in [1.807, 2.05) is 11.2 Å². The first kappa shape index (κ1) is 7.88. The molecule has 1 aliphatic rings. The van der Waals surface area contributed by atoms with Crippen molar-refractivity contribution in [3.05, 3.63) is 0 Å². The first-order valence-corrected chi connectivity index (χ1v) is 4.58. The zero-order chi connectivity index (χ0) is 7.40. The van der Waals surface area contributed by atoms with Gasteiger partial charge in [-0.15, -0.1) is 11.8 Å². The molecule has 0 aliphatic carbocycles. The lowest BCUT2D eigenvalue weighted by atomic mass is 10.4. The van der Waals surface area contributed by atoms with Crippen molar-refractivity contribution in [1.29, 1.82) is 0 Å². The molecular weight excluding hydrogens is 150 g/mol. The number of ether oxygens (including phenoxy) is 1. The minimum atomic E-state index is 0.112. The summed E-state index contributed by atoms with van der Waals surface area (Å²) in [5.41, 5.74) is 0. The van der Waals surface area contributed by atoms with Crippen LogP contribution in [0.4, 0.5) is 0 Å². The minimum Gasteiger partial charge on any atom is -0.370 e. The molecule has 4 heteroatoms. The molecule has 0 aromatic heterocycles. The Bertz CT molecular complexity index is 127. The van der Waals surface area contributed by atoms with Gasteiger partial charge in [0.15, 0.2) is 0 Å².